The van der Waals surface area contributed by atoms with Crippen LogP contribution in [0.25, 0.3) is 10.9 Å². The van der Waals surface area contributed by atoms with Crippen LogP contribution >= 0.6 is 0 Å². The van der Waals surface area contributed by atoms with Gasteiger partial charge in [-0.15, -0.1) is 0 Å². The van der Waals surface area contributed by atoms with Crippen LogP contribution in [0.4, 0.5) is 0 Å². The molecule has 1 aromatic carbocycles. The van der Waals surface area contributed by atoms with Crippen molar-refractivity contribution in [3.63, 3.8) is 0 Å². The molecule has 4 nitrogen and oxygen atoms in total. The van der Waals surface area contributed by atoms with E-state index in [2.05, 4.69) is 4.98 Å². The maximum atomic E-state index is 11.6. The van der Waals surface area contributed by atoms with Crippen molar-refractivity contribution >= 4 is 16.9 Å². The lowest BCUT2D eigenvalue weighted by Crippen LogP contribution is -2.43. The monoisotopic (exact) mass is 259 g/mol. The normalized spacial score (nSPS) is 17.2. The van der Waals surface area contributed by atoms with Crippen LogP contribution in [0.2, 0.25) is 0 Å². The summed E-state index contributed by atoms with van der Waals surface area (Å²) in [7, 11) is 1.63. The first-order valence-corrected chi connectivity index (χ1v) is 6.49. The van der Waals surface area contributed by atoms with Crippen LogP contribution < -0.4 is 4.74 Å². The van der Waals surface area contributed by atoms with Gasteiger partial charge in [0.25, 0.3) is 0 Å². The van der Waals surface area contributed by atoms with Gasteiger partial charge in [0, 0.05) is 11.1 Å². The van der Waals surface area contributed by atoms with Crippen LogP contribution in [0, 0.1) is 6.92 Å². The molecule has 0 bridgehead atoms. The van der Waals surface area contributed by atoms with Crippen LogP contribution in [0.3, 0.4) is 0 Å². The number of rotatable bonds is 3. The van der Waals surface area contributed by atoms with Gasteiger partial charge in [0.1, 0.15) is 11.2 Å². The zero-order valence-electron chi connectivity index (χ0n) is 11.1. The minimum Gasteiger partial charge on any atom is -0.495 e. The maximum Gasteiger partial charge on any atom is 0.315 e. The highest BCUT2D eigenvalue weighted by molar-refractivity contribution is 5.93. The van der Waals surface area contributed by atoms with Gasteiger partial charge in [-0.3, -0.25) is 4.79 Å². The molecular formula is C15H17NO3. The number of benzene rings is 1. The fraction of sp³-hybridized carbons (Fsp3) is 0.400. The van der Waals surface area contributed by atoms with E-state index < -0.39 is 11.4 Å². The number of ether oxygens (including phenoxy) is 1. The predicted molar refractivity (Wildman–Crippen MR) is 72.8 cm³/mol. The van der Waals surface area contributed by atoms with E-state index in [1.165, 1.54) is 0 Å². The molecule has 4 heteroatoms. The Morgan fingerprint density at radius 3 is 2.68 bits per heavy atom. The van der Waals surface area contributed by atoms with E-state index in [1.54, 1.807) is 7.11 Å². The van der Waals surface area contributed by atoms with Gasteiger partial charge in [0.2, 0.25) is 0 Å². The van der Waals surface area contributed by atoms with E-state index in [0.29, 0.717) is 12.8 Å². The topological polar surface area (TPSA) is 62.3 Å². The lowest BCUT2D eigenvalue weighted by atomic mass is 9.66. The van der Waals surface area contributed by atoms with Crippen molar-refractivity contribution in [2.45, 2.75) is 31.6 Å². The number of fused-ring (bicyclic) bond motifs is 1. The zero-order valence-corrected chi connectivity index (χ0v) is 11.1. The largest absolute Gasteiger partial charge is 0.495 e. The smallest absolute Gasteiger partial charge is 0.315 e. The summed E-state index contributed by atoms with van der Waals surface area (Å²) in [6.45, 7) is 1.98. The van der Waals surface area contributed by atoms with E-state index >= 15 is 0 Å². The molecule has 0 unspecified atom stereocenters. The molecule has 0 spiro atoms. The number of methoxy groups -OCH3 is 1. The Morgan fingerprint density at radius 2 is 2.16 bits per heavy atom. The first-order valence-electron chi connectivity index (χ1n) is 6.49. The number of para-hydroxylation sites is 1. The summed E-state index contributed by atoms with van der Waals surface area (Å²) in [5.41, 5.74) is 2.03. The number of carbonyl (C=O) groups is 1. The molecule has 100 valence electrons. The third kappa shape index (κ3) is 1.49. The van der Waals surface area contributed by atoms with Gasteiger partial charge in [-0.1, -0.05) is 18.6 Å². The molecule has 0 atom stereocenters. The van der Waals surface area contributed by atoms with Gasteiger partial charge in [-0.2, -0.15) is 0 Å². The number of carboxylic acid groups (broad SMARTS) is 1. The van der Waals surface area contributed by atoms with E-state index in [4.69, 9.17) is 4.74 Å². The third-order valence-electron chi connectivity index (χ3n) is 4.37. The minimum absolute atomic E-state index is 0.707. The molecule has 1 saturated carbocycles. The molecular weight excluding hydrogens is 242 g/mol. The van der Waals surface area contributed by atoms with Gasteiger partial charge < -0.3 is 14.8 Å². The summed E-state index contributed by atoms with van der Waals surface area (Å²) in [6.07, 6.45) is 2.38. The molecule has 2 N–H and O–H groups in total. The SMILES string of the molecule is COc1cccc2c(C)c(C3(C(=O)O)CCC3)[nH]c12. The van der Waals surface area contributed by atoms with Gasteiger partial charge in [-0.25, -0.2) is 0 Å². The molecule has 1 aliphatic rings. The number of aromatic amines is 1. The van der Waals surface area contributed by atoms with Crippen molar-refractivity contribution in [1.82, 2.24) is 4.98 Å². The molecule has 19 heavy (non-hydrogen) atoms. The summed E-state index contributed by atoms with van der Waals surface area (Å²) < 4.78 is 5.34. The van der Waals surface area contributed by atoms with Gasteiger partial charge in [-0.05, 0) is 31.4 Å². The fourth-order valence-corrected chi connectivity index (χ4v) is 3.08. The number of aryl methyl sites for hydroxylation is 1. The zero-order chi connectivity index (χ0) is 13.6. The number of H-pyrrole nitrogens is 1. The first-order chi connectivity index (χ1) is 9.10. The van der Waals surface area contributed by atoms with Gasteiger partial charge >= 0.3 is 5.97 Å². The quantitative estimate of drug-likeness (QED) is 0.890. The Bertz CT molecular complexity index is 653. The molecule has 1 heterocycles. The van der Waals surface area contributed by atoms with Gasteiger partial charge in [0.05, 0.1) is 12.6 Å². The second-order valence-corrected chi connectivity index (χ2v) is 5.25. The fourth-order valence-electron chi connectivity index (χ4n) is 3.08. The molecule has 0 aliphatic heterocycles. The Kier molecular flexibility index (Phi) is 2.55. The summed E-state index contributed by atoms with van der Waals surface area (Å²) in [5, 5.41) is 10.6. The highest BCUT2D eigenvalue weighted by Crippen LogP contribution is 2.46. The summed E-state index contributed by atoms with van der Waals surface area (Å²) in [4.78, 5) is 14.9. The number of aliphatic carboxylic acids is 1. The average molecular weight is 259 g/mol. The highest BCUT2D eigenvalue weighted by atomic mass is 16.5. The minimum atomic E-state index is -0.729. The lowest BCUT2D eigenvalue weighted by molar-refractivity contribution is -0.147. The van der Waals surface area contributed by atoms with E-state index in [1.807, 2.05) is 25.1 Å². The number of hydrogen-bond acceptors (Lipinski definition) is 2. The number of carboxylic acids is 1. The van der Waals surface area contributed by atoms with Crippen molar-refractivity contribution < 1.29 is 14.6 Å². The molecule has 3 rings (SSSR count). The first kappa shape index (κ1) is 12.1. The second kappa shape index (κ2) is 4.02. The number of hydrogen-bond donors (Lipinski definition) is 2. The molecule has 0 amide bonds. The van der Waals surface area contributed by atoms with Gasteiger partial charge in [0.15, 0.2) is 0 Å². The Morgan fingerprint density at radius 1 is 1.42 bits per heavy atom. The molecule has 0 radical (unpaired) electrons. The van der Waals surface area contributed by atoms with E-state index in [0.717, 1.165) is 34.3 Å². The van der Waals surface area contributed by atoms with Crippen LogP contribution in [0.5, 0.6) is 5.75 Å². The molecule has 1 fully saturated rings. The summed E-state index contributed by atoms with van der Waals surface area (Å²) in [6, 6.07) is 5.82. The van der Waals surface area contributed by atoms with Crippen LogP contribution in [0.1, 0.15) is 30.5 Å². The number of nitrogens with one attached hydrogen (secondary N) is 1. The molecule has 1 aliphatic carbocycles. The maximum absolute atomic E-state index is 11.6. The number of aromatic nitrogens is 1. The van der Waals surface area contributed by atoms with Crippen molar-refractivity contribution in [2.75, 3.05) is 7.11 Å². The second-order valence-electron chi connectivity index (χ2n) is 5.25. The van der Waals surface area contributed by atoms with Crippen molar-refractivity contribution in [1.29, 1.82) is 0 Å². The predicted octanol–water partition coefficient (Wildman–Crippen LogP) is 2.99. The van der Waals surface area contributed by atoms with E-state index in [9.17, 15) is 9.90 Å². The van der Waals surface area contributed by atoms with Crippen LogP contribution in [0.15, 0.2) is 18.2 Å². The van der Waals surface area contributed by atoms with Crippen molar-refractivity contribution in [3.05, 3.63) is 29.5 Å². The molecule has 0 saturated heterocycles. The standard InChI is InChI=1S/C15H17NO3/c1-9-10-5-3-6-11(19-2)12(10)16-13(9)15(14(17)18)7-4-8-15/h3,5-6,16H,4,7-8H2,1-2H3,(H,17,18). The lowest BCUT2D eigenvalue weighted by Gasteiger charge is -2.37. The van der Waals surface area contributed by atoms with E-state index in [-0.39, 0.29) is 0 Å². The molecule has 1 aromatic heterocycles. The summed E-state index contributed by atoms with van der Waals surface area (Å²) in [5.74, 6) is 0.0269. The van der Waals surface area contributed by atoms with Crippen molar-refractivity contribution in [2.24, 2.45) is 0 Å². The van der Waals surface area contributed by atoms with Crippen LogP contribution in [-0.4, -0.2) is 23.2 Å². The van der Waals surface area contributed by atoms with Crippen LogP contribution in [-0.2, 0) is 10.2 Å². The Balaban J connectivity index is 2.26. The molecule has 2 aromatic rings. The third-order valence-corrected chi connectivity index (χ3v) is 4.37. The highest BCUT2D eigenvalue weighted by Gasteiger charge is 2.48. The Hall–Kier alpha value is -1.97. The van der Waals surface area contributed by atoms with Crippen molar-refractivity contribution in [3.8, 4) is 5.75 Å². The average Bonchev–Trinajstić information content (AvgIpc) is 2.66. The summed E-state index contributed by atoms with van der Waals surface area (Å²) >= 11 is 0. The Labute approximate surface area is 111 Å².